The van der Waals surface area contributed by atoms with Crippen LogP contribution >= 0.6 is 11.6 Å². The summed E-state index contributed by atoms with van der Waals surface area (Å²) in [5.74, 6) is 0.647. The van der Waals surface area contributed by atoms with Crippen molar-refractivity contribution in [1.29, 1.82) is 0 Å². The molecule has 0 spiro atoms. The molecule has 0 radical (unpaired) electrons. The Kier molecular flexibility index (Phi) is 3.08. The van der Waals surface area contributed by atoms with Crippen molar-refractivity contribution in [2.24, 2.45) is 0 Å². The van der Waals surface area contributed by atoms with E-state index in [0.717, 1.165) is 40.5 Å². The zero-order valence-corrected chi connectivity index (χ0v) is 12.3. The SMILES string of the molecule is Clc1ccc(-c2nc3ccccc3o2)cc1N1CCCC1. The number of fused-ring (bicyclic) bond motifs is 1. The number of para-hydroxylation sites is 2. The van der Waals surface area contributed by atoms with Crippen molar-refractivity contribution < 1.29 is 4.42 Å². The van der Waals surface area contributed by atoms with Crippen LogP contribution in [-0.2, 0) is 0 Å². The normalized spacial score (nSPS) is 15.0. The van der Waals surface area contributed by atoms with Gasteiger partial charge in [-0.1, -0.05) is 23.7 Å². The van der Waals surface area contributed by atoms with Crippen molar-refractivity contribution in [3.8, 4) is 11.5 Å². The molecule has 106 valence electrons. The molecule has 1 aromatic heterocycles. The van der Waals surface area contributed by atoms with Gasteiger partial charge in [-0.25, -0.2) is 4.98 Å². The highest BCUT2D eigenvalue weighted by molar-refractivity contribution is 6.33. The molecule has 0 unspecified atom stereocenters. The molecular formula is C17H15ClN2O. The highest BCUT2D eigenvalue weighted by Gasteiger charge is 2.17. The number of aromatic nitrogens is 1. The number of rotatable bonds is 2. The molecule has 0 N–H and O–H groups in total. The molecule has 2 heterocycles. The van der Waals surface area contributed by atoms with Crippen LogP contribution in [0.4, 0.5) is 5.69 Å². The topological polar surface area (TPSA) is 29.3 Å². The second kappa shape index (κ2) is 5.08. The Morgan fingerprint density at radius 2 is 1.86 bits per heavy atom. The van der Waals surface area contributed by atoms with E-state index in [2.05, 4.69) is 16.0 Å². The number of hydrogen-bond acceptors (Lipinski definition) is 3. The third-order valence-electron chi connectivity index (χ3n) is 3.93. The van der Waals surface area contributed by atoms with E-state index in [1.54, 1.807) is 0 Å². The molecular weight excluding hydrogens is 284 g/mol. The number of benzene rings is 2. The van der Waals surface area contributed by atoms with Gasteiger partial charge in [0, 0.05) is 18.7 Å². The summed E-state index contributed by atoms with van der Waals surface area (Å²) in [7, 11) is 0. The van der Waals surface area contributed by atoms with Gasteiger partial charge in [0.2, 0.25) is 5.89 Å². The molecule has 1 saturated heterocycles. The molecule has 4 rings (SSSR count). The van der Waals surface area contributed by atoms with E-state index in [1.807, 2.05) is 36.4 Å². The monoisotopic (exact) mass is 298 g/mol. The van der Waals surface area contributed by atoms with Crippen molar-refractivity contribution >= 4 is 28.4 Å². The van der Waals surface area contributed by atoms with Gasteiger partial charge in [0.05, 0.1) is 10.7 Å². The number of hydrogen-bond donors (Lipinski definition) is 0. The maximum absolute atomic E-state index is 6.35. The quantitative estimate of drug-likeness (QED) is 0.684. The van der Waals surface area contributed by atoms with Crippen molar-refractivity contribution in [3.05, 3.63) is 47.5 Å². The van der Waals surface area contributed by atoms with Gasteiger partial charge in [-0.2, -0.15) is 0 Å². The Morgan fingerprint density at radius 1 is 1.05 bits per heavy atom. The van der Waals surface area contributed by atoms with Gasteiger partial charge in [-0.3, -0.25) is 0 Å². The van der Waals surface area contributed by atoms with Gasteiger partial charge in [0.25, 0.3) is 0 Å². The lowest BCUT2D eigenvalue weighted by atomic mass is 10.2. The van der Waals surface area contributed by atoms with Gasteiger partial charge in [-0.15, -0.1) is 0 Å². The van der Waals surface area contributed by atoms with Crippen molar-refractivity contribution in [2.75, 3.05) is 18.0 Å². The average molecular weight is 299 g/mol. The van der Waals surface area contributed by atoms with Crippen LogP contribution in [0.25, 0.3) is 22.6 Å². The average Bonchev–Trinajstić information content (AvgIpc) is 3.17. The molecule has 1 aliphatic heterocycles. The Bertz CT molecular complexity index is 757. The molecule has 3 nitrogen and oxygen atoms in total. The van der Waals surface area contributed by atoms with Crippen LogP contribution < -0.4 is 4.90 Å². The van der Waals surface area contributed by atoms with Crippen LogP contribution in [0.1, 0.15) is 12.8 Å². The Labute approximate surface area is 128 Å². The van der Waals surface area contributed by atoms with E-state index < -0.39 is 0 Å². The Hall–Kier alpha value is -2.00. The smallest absolute Gasteiger partial charge is 0.227 e. The van der Waals surface area contributed by atoms with E-state index in [-0.39, 0.29) is 0 Å². The molecule has 1 aliphatic rings. The maximum atomic E-state index is 6.35. The lowest BCUT2D eigenvalue weighted by molar-refractivity contribution is 0.620. The highest BCUT2D eigenvalue weighted by Crippen LogP contribution is 2.34. The lowest BCUT2D eigenvalue weighted by Gasteiger charge is -2.19. The first-order valence-electron chi connectivity index (χ1n) is 7.22. The minimum atomic E-state index is 0.647. The van der Waals surface area contributed by atoms with Crippen LogP contribution in [0.15, 0.2) is 46.9 Å². The first-order valence-corrected chi connectivity index (χ1v) is 7.59. The lowest BCUT2D eigenvalue weighted by Crippen LogP contribution is -2.17. The van der Waals surface area contributed by atoms with Crippen LogP contribution in [0, 0.1) is 0 Å². The number of oxazole rings is 1. The number of anilines is 1. The van der Waals surface area contributed by atoms with E-state index in [0.29, 0.717) is 5.89 Å². The molecule has 1 fully saturated rings. The van der Waals surface area contributed by atoms with E-state index in [1.165, 1.54) is 12.8 Å². The predicted molar refractivity (Wildman–Crippen MR) is 85.9 cm³/mol. The number of halogens is 1. The van der Waals surface area contributed by atoms with Gasteiger partial charge in [0.1, 0.15) is 5.52 Å². The standard InChI is InChI=1S/C17H15ClN2O/c18-13-8-7-12(11-15(13)20-9-3-4-10-20)17-19-14-5-1-2-6-16(14)21-17/h1-2,5-8,11H,3-4,9-10H2. The van der Waals surface area contributed by atoms with Gasteiger partial charge in [0.15, 0.2) is 5.58 Å². The third kappa shape index (κ3) is 2.28. The fourth-order valence-corrected chi connectivity index (χ4v) is 3.08. The zero-order valence-electron chi connectivity index (χ0n) is 11.6. The molecule has 0 atom stereocenters. The van der Waals surface area contributed by atoms with Gasteiger partial charge >= 0.3 is 0 Å². The zero-order chi connectivity index (χ0) is 14.2. The summed E-state index contributed by atoms with van der Waals surface area (Å²) in [4.78, 5) is 6.88. The largest absolute Gasteiger partial charge is 0.436 e. The Balaban J connectivity index is 1.79. The molecule has 4 heteroatoms. The van der Waals surface area contributed by atoms with Crippen molar-refractivity contribution in [3.63, 3.8) is 0 Å². The molecule has 0 aliphatic carbocycles. The van der Waals surface area contributed by atoms with E-state index in [4.69, 9.17) is 16.0 Å². The summed E-state index contributed by atoms with van der Waals surface area (Å²) in [6.45, 7) is 2.13. The van der Waals surface area contributed by atoms with Crippen LogP contribution in [-0.4, -0.2) is 18.1 Å². The van der Waals surface area contributed by atoms with Crippen molar-refractivity contribution in [1.82, 2.24) is 4.98 Å². The van der Waals surface area contributed by atoms with Crippen molar-refractivity contribution in [2.45, 2.75) is 12.8 Å². The first kappa shape index (κ1) is 12.7. The third-order valence-corrected chi connectivity index (χ3v) is 4.25. The minimum Gasteiger partial charge on any atom is -0.436 e. The molecule has 2 aromatic carbocycles. The molecule has 0 amide bonds. The first-order chi connectivity index (χ1) is 10.3. The van der Waals surface area contributed by atoms with Gasteiger partial charge < -0.3 is 9.32 Å². The molecule has 21 heavy (non-hydrogen) atoms. The summed E-state index contributed by atoms with van der Waals surface area (Å²) in [5.41, 5.74) is 3.74. The molecule has 0 bridgehead atoms. The van der Waals surface area contributed by atoms with Crippen LogP contribution in [0.5, 0.6) is 0 Å². The summed E-state index contributed by atoms with van der Waals surface area (Å²) < 4.78 is 5.84. The van der Waals surface area contributed by atoms with Crippen LogP contribution in [0.2, 0.25) is 5.02 Å². The second-order valence-corrected chi connectivity index (χ2v) is 5.75. The van der Waals surface area contributed by atoms with E-state index in [9.17, 15) is 0 Å². The molecule has 3 aromatic rings. The number of nitrogens with zero attached hydrogens (tertiary/aromatic N) is 2. The summed E-state index contributed by atoms with van der Waals surface area (Å²) >= 11 is 6.35. The fourth-order valence-electron chi connectivity index (χ4n) is 2.84. The fraction of sp³-hybridized carbons (Fsp3) is 0.235. The highest BCUT2D eigenvalue weighted by atomic mass is 35.5. The van der Waals surface area contributed by atoms with Crippen LogP contribution in [0.3, 0.4) is 0 Å². The summed E-state index contributed by atoms with van der Waals surface area (Å²) in [5, 5.41) is 0.789. The Morgan fingerprint density at radius 3 is 2.67 bits per heavy atom. The van der Waals surface area contributed by atoms with E-state index >= 15 is 0 Å². The minimum absolute atomic E-state index is 0.647. The summed E-state index contributed by atoms with van der Waals surface area (Å²) in [6, 6.07) is 13.8. The second-order valence-electron chi connectivity index (χ2n) is 5.35. The maximum Gasteiger partial charge on any atom is 0.227 e. The predicted octanol–water partition coefficient (Wildman–Crippen LogP) is 4.75. The van der Waals surface area contributed by atoms with Gasteiger partial charge in [-0.05, 0) is 43.2 Å². The molecule has 0 saturated carbocycles. The summed E-state index contributed by atoms with van der Waals surface area (Å²) in [6.07, 6.45) is 2.45.